The van der Waals surface area contributed by atoms with Crippen molar-refractivity contribution < 1.29 is 19.4 Å². The second kappa shape index (κ2) is 8.07. The number of aromatic nitrogens is 1. The first-order valence-electron chi connectivity index (χ1n) is 8.96. The largest absolute Gasteiger partial charge is 0.504 e. The van der Waals surface area contributed by atoms with Gasteiger partial charge in [0.15, 0.2) is 11.5 Å². The summed E-state index contributed by atoms with van der Waals surface area (Å²) in [6, 6.07) is 6.64. The van der Waals surface area contributed by atoms with Crippen molar-refractivity contribution in [3.63, 3.8) is 0 Å². The van der Waals surface area contributed by atoms with Gasteiger partial charge in [-0.2, -0.15) is 0 Å². The summed E-state index contributed by atoms with van der Waals surface area (Å²) in [5.41, 5.74) is 2.37. The molecular formula is C20H23N3O4. The summed E-state index contributed by atoms with van der Waals surface area (Å²) in [7, 11) is 0. The van der Waals surface area contributed by atoms with E-state index in [2.05, 4.69) is 10.3 Å². The van der Waals surface area contributed by atoms with Crippen molar-refractivity contribution >= 4 is 11.8 Å². The monoisotopic (exact) mass is 369 g/mol. The first-order valence-corrected chi connectivity index (χ1v) is 8.96. The van der Waals surface area contributed by atoms with Crippen LogP contribution in [-0.4, -0.2) is 46.0 Å². The van der Waals surface area contributed by atoms with Gasteiger partial charge >= 0.3 is 0 Å². The van der Waals surface area contributed by atoms with Crippen molar-refractivity contribution in [2.24, 2.45) is 0 Å². The van der Waals surface area contributed by atoms with Crippen molar-refractivity contribution in [2.75, 3.05) is 13.2 Å². The van der Waals surface area contributed by atoms with E-state index < -0.39 is 6.04 Å². The average Bonchev–Trinajstić information content (AvgIpc) is 2.90. The van der Waals surface area contributed by atoms with Crippen LogP contribution in [0, 0.1) is 0 Å². The summed E-state index contributed by atoms with van der Waals surface area (Å²) in [5, 5.41) is 13.1. The highest BCUT2D eigenvalue weighted by atomic mass is 16.5. The quantitative estimate of drug-likeness (QED) is 0.861. The molecule has 1 aliphatic rings. The number of phenolic OH excluding ortho intramolecular Hbond substituents is 1. The number of carbonyl (C=O) groups is 2. The summed E-state index contributed by atoms with van der Waals surface area (Å²) in [6.45, 7) is 4.36. The van der Waals surface area contributed by atoms with Gasteiger partial charge in [-0.05, 0) is 30.7 Å². The molecule has 142 valence electrons. The molecule has 7 nitrogen and oxygen atoms in total. The van der Waals surface area contributed by atoms with Gasteiger partial charge in [-0.1, -0.05) is 13.0 Å². The third kappa shape index (κ3) is 4.19. The minimum Gasteiger partial charge on any atom is -0.504 e. The minimum atomic E-state index is -0.617. The molecule has 3 rings (SSSR count). The molecule has 1 aliphatic heterocycles. The molecule has 0 aliphatic carbocycles. The summed E-state index contributed by atoms with van der Waals surface area (Å²) in [6.07, 6.45) is 3.72. The van der Waals surface area contributed by atoms with Gasteiger partial charge in [0, 0.05) is 36.5 Å². The Bertz CT molecular complexity index is 839. The van der Waals surface area contributed by atoms with E-state index in [0.29, 0.717) is 30.8 Å². The van der Waals surface area contributed by atoms with Crippen LogP contribution in [0.2, 0.25) is 0 Å². The highest BCUT2D eigenvalue weighted by Gasteiger charge is 2.26. The number of carbonyl (C=O) groups excluding carboxylic acids is 2. The Labute approximate surface area is 158 Å². The Morgan fingerprint density at radius 1 is 1.37 bits per heavy atom. The van der Waals surface area contributed by atoms with Gasteiger partial charge in [-0.3, -0.25) is 14.6 Å². The van der Waals surface area contributed by atoms with Gasteiger partial charge < -0.3 is 20.1 Å². The Morgan fingerprint density at radius 3 is 2.89 bits per heavy atom. The first-order chi connectivity index (χ1) is 13.0. The van der Waals surface area contributed by atoms with E-state index in [1.165, 1.54) is 0 Å². The second-order valence-electron chi connectivity index (χ2n) is 6.48. The van der Waals surface area contributed by atoms with E-state index in [1.54, 1.807) is 37.2 Å². The predicted molar refractivity (Wildman–Crippen MR) is 100 cm³/mol. The van der Waals surface area contributed by atoms with Gasteiger partial charge in [0.25, 0.3) is 0 Å². The van der Waals surface area contributed by atoms with Gasteiger partial charge in [-0.25, -0.2) is 0 Å². The van der Waals surface area contributed by atoms with Crippen LogP contribution in [0.3, 0.4) is 0 Å². The molecule has 0 bridgehead atoms. The van der Waals surface area contributed by atoms with Gasteiger partial charge in [0.1, 0.15) is 12.6 Å². The Morgan fingerprint density at radius 2 is 2.19 bits per heavy atom. The lowest BCUT2D eigenvalue weighted by Crippen LogP contribution is -2.47. The standard InChI is InChI=1S/C20H23N3O4/c1-3-18(25)22-13(2)20(26)23-7-8-27-19-16(12-23)9-15(10-17(19)24)14-5-4-6-21-11-14/h4-6,9-11,13,24H,3,7-8,12H2,1-2H3,(H,22,25)/t13-/m1/s1. The van der Waals surface area contributed by atoms with E-state index in [0.717, 1.165) is 11.1 Å². The van der Waals surface area contributed by atoms with E-state index in [9.17, 15) is 14.7 Å². The molecule has 0 saturated heterocycles. The van der Waals surface area contributed by atoms with E-state index in [1.807, 2.05) is 18.2 Å². The van der Waals surface area contributed by atoms with Crippen LogP contribution < -0.4 is 10.1 Å². The topological polar surface area (TPSA) is 91.8 Å². The smallest absolute Gasteiger partial charge is 0.245 e. The van der Waals surface area contributed by atoms with Crippen LogP contribution in [0.1, 0.15) is 25.8 Å². The number of fused-ring (bicyclic) bond motifs is 1. The number of nitrogens with zero attached hydrogens (tertiary/aromatic N) is 2. The van der Waals surface area contributed by atoms with Crippen molar-refractivity contribution in [1.29, 1.82) is 0 Å². The second-order valence-corrected chi connectivity index (χ2v) is 6.48. The van der Waals surface area contributed by atoms with Crippen LogP contribution in [0.4, 0.5) is 0 Å². The number of ether oxygens (including phenoxy) is 1. The third-order valence-electron chi connectivity index (χ3n) is 4.49. The summed E-state index contributed by atoms with van der Waals surface area (Å²) in [4.78, 5) is 30.1. The lowest BCUT2D eigenvalue weighted by Gasteiger charge is -2.24. The number of rotatable bonds is 4. The molecule has 27 heavy (non-hydrogen) atoms. The fraction of sp³-hybridized carbons (Fsp3) is 0.350. The Balaban J connectivity index is 1.86. The first kappa shape index (κ1) is 18.7. The number of hydrogen-bond donors (Lipinski definition) is 2. The molecule has 0 fully saturated rings. The molecule has 0 radical (unpaired) electrons. The summed E-state index contributed by atoms with van der Waals surface area (Å²) in [5.74, 6) is 0.0783. The Hall–Kier alpha value is -3.09. The molecule has 1 aromatic carbocycles. The predicted octanol–water partition coefficient (Wildman–Crippen LogP) is 2.09. The lowest BCUT2D eigenvalue weighted by molar-refractivity contribution is -0.136. The zero-order valence-corrected chi connectivity index (χ0v) is 15.4. The van der Waals surface area contributed by atoms with Crippen LogP contribution in [0.5, 0.6) is 11.5 Å². The minimum absolute atomic E-state index is 0.0352. The van der Waals surface area contributed by atoms with Gasteiger partial charge in [-0.15, -0.1) is 0 Å². The van der Waals surface area contributed by atoms with Crippen LogP contribution in [0.15, 0.2) is 36.7 Å². The maximum Gasteiger partial charge on any atom is 0.245 e. The normalized spacial score (nSPS) is 14.5. The van der Waals surface area contributed by atoms with E-state index >= 15 is 0 Å². The molecule has 2 amide bonds. The molecule has 0 spiro atoms. The SMILES string of the molecule is CCC(=O)N[C@H](C)C(=O)N1CCOc2c(O)cc(-c3cccnc3)cc2C1. The number of aromatic hydroxyl groups is 1. The molecule has 7 heteroatoms. The van der Waals surface area contributed by atoms with Crippen molar-refractivity contribution in [3.05, 3.63) is 42.2 Å². The van der Waals surface area contributed by atoms with Crippen LogP contribution >= 0.6 is 0 Å². The number of phenols is 1. The van der Waals surface area contributed by atoms with E-state index in [-0.39, 0.29) is 24.2 Å². The Kier molecular flexibility index (Phi) is 5.59. The molecule has 1 aromatic heterocycles. The van der Waals surface area contributed by atoms with Crippen molar-refractivity contribution in [2.45, 2.75) is 32.9 Å². The fourth-order valence-electron chi connectivity index (χ4n) is 3.07. The number of nitrogens with one attached hydrogen (secondary N) is 1. The number of hydrogen-bond acceptors (Lipinski definition) is 5. The summed E-state index contributed by atoms with van der Waals surface area (Å²) < 4.78 is 5.69. The zero-order chi connectivity index (χ0) is 19.4. The maximum atomic E-state index is 12.7. The fourth-order valence-corrected chi connectivity index (χ4v) is 3.07. The molecule has 2 heterocycles. The molecule has 1 atom stereocenters. The van der Waals surface area contributed by atoms with Gasteiger partial charge in [0.05, 0.1) is 6.54 Å². The van der Waals surface area contributed by atoms with Crippen molar-refractivity contribution in [1.82, 2.24) is 15.2 Å². The summed E-state index contributed by atoms with van der Waals surface area (Å²) >= 11 is 0. The number of pyridine rings is 1. The number of amides is 2. The zero-order valence-electron chi connectivity index (χ0n) is 15.4. The highest BCUT2D eigenvalue weighted by Crippen LogP contribution is 2.37. The molecule has 0 saturated carbocycles. The maximum absolute atomic E-state index is 12.7. The van der Waals surface area contributed by atoms with E-state index in [4.69, 9.17) is 4.74 Å². The van der Waals surface area contributed by atoms with Gasteiger partial charge in [0.2, 0.25) is 11.8 Å². The molecule has 0 unspecified atom stereocenters. The molecular weight excluding hydrogens is 346 g/mol. The molecule has 2 aromatic rings. The highest BCUT2D eigenvalue weighted by molar-refractivity contribution is 5.87. The average molecular weight is 369 g/mol. The third-order valence-corrected chi connectivity index (χ3v) is 4.49. The number of benzene rings is 1. The van der Waals surface area contributed by atoms with Crippen molar-refractivity contribution in [3.8, 4) is 22.6 Å². The lowest BCUT2D eigenvalue weighted by atomic mass is 10.0. The molecule has 2 N–H and O–H groups in total. The van der Waals surface area contributed by atoms with Crippen LogP contribution in [-0.2, 0) is 16.1 Å². The van der Waals surface area contributed by atoms with Crippen LogP contribution in [0.25, 0.3) is 11.1 Å².